The van der Waals surface area contributed by atoms with E-state index < -0.39 is 0 Å². The molecule has 0 unspecified atom stereocenters. The van der Waals surface area contributed by atoms with Crippen LogP contribution in [0.2, 0.25) is 0 Å². The first-order valence-corrected chi connectivity index (χ1v) is 8.89. The quantitative estimate of drug-likeness (QED) is 0.645. The molecular weight excluding hydrogens is 330 g/mol. The second-order valence-corrected chi connectivity index (χ2v) is 6.61. The van der Waals surface area contributed by atoms with E-state index >= 15 is 0 Å². The van der Waals surface area contributed by atoms with Crippen molar-refractivity contribution in [2.45, 2.75) is 26.8 Å². The second-order valence-electron chi connectivity index (χ2n) is 6.61. The average molecular weight is 357 g/mol. The topological polar surface area (TPSA) is 83.4 Å². The molecule has 0 aliphatic rings. The van der Waals surface area contributed by atoms with Crippen LogP contribution in [0.4, 0.5) is 4.79 Å². The van der Waals surface area contributed by atoms with Gasteiger partial charge in [0.25, 0.3) is 0 Å². The van der Waals surface area contributed by atoms with Crippen LogP contribution in [0.1, 0.15) is 25.2 Å². The van der Waals surface area contributed by atoms with Crippen LogP contribution < -0.4 is 16.0 Å². The predicted octanol–water partition coefficient (Wildman–Crippen LogP) is 2.71. The number of rotatable bonds is 9. The zero-order chi connectivity index (χ0) is 18.8. The highest BCUT2D eigenvalue weighted by Gasteiger charge is 2.15. The van der Waals surface area contributed by atoms with Gasteiger partial charge in [-0.05, 0) is 36.0 Å². The van der Waals surface area contributed by atoms with Crippen molar-refractivity contribution < 1.29 is 14.0 Å². The Bertz CT molecular complexity index is 669. The number of urea groups is 1. The molecule has 0 saturated carbocycles. The van der Waals surface area contributed by atoms with Gasteiger partial charge in [-0.25, -0.2) is 4.79 Å². The standard InChI is InChI=1S/C20H27N3O3/c1-15(2)17(11-16-7-4-3-5-8-16)12-22-20(25)23-14-19(24)21-13-18-9-6-10-26-18/h3-10,15,17H,11-14H2,1-2H3,(H,21,24)(H2,22,23,25)/t17-/m1/s1. The Morgan fingerprint density at radius 2 is 1.77 bits per heavy atom. The largest absolute Gasteiger partial charge is 0.467 e. The molecule has 0 fully saturated rings. The van der Waals surface area contributed by atoms with Gasteiger partial charge < -0.3 is 20.4 Å². The van der Waals surface area contributed by atoms with Crippen molar-refractivity contribution in [1.29, 1.82) is 0 Å². The maximum atomic E-state index is 11.9. The zero-order valence-electron chi connectivity index (χ0n) is 15.3. The molecule has 2 rings (SSSR count). The van der Waals surface area contributed by atoms with Crippen LogP contribution in [-0.2, 0) is 17.8 Å². The van der Waals surface area contributed by atoms with E-state index in [1.807, 2.05) is 18.2 Å². The van der Waals surface area contributed by atoms with Crippen LogP contribution in [0, 0.1) is 11.8 Å². The molecule has 2 aromatic rings. The fourth-order valence-electron chi connectivity index (χ4n) is 2.57. The second kappa shape index (κ2) is 10.3. The summed E-state index contributed by atoms with van der Waals surface area (Å²) in [6, 6.07) is 13.4. The van der Waals surface area contributed by atoms with Gasteiger partial charge in [-0.2, -0.15) is 0 Å². The highest BCUT2D eigenvalue weighted by atomic mass is 16.3. The van der Waals surface area contributed by atoms with Gasteiger partial charge in [-0.15, -0.1) is 0 Å². The molecule has 1 aromatic carbocycles. The van der Waals surface area contributed by atoms with E-state index in [9.17, 15) is 9.59 Å². The van der Waals surface area contributed by atoms with E-state index in [1.54, 1.807) is 18.4 Å². The first-order chi connectivity index (χ1) is 12.5. The lowest BCUT2D eigenvalue weighted by Gasteiger charge is -2.21. The van der Waals surface area contributed by atoms with Crippen molar-refractivity contribution in [3.05, 3.63) is 60.1 Å². The SMILES string of the molecule is CC(C)[C@@H](CNC(=O)NCC(=O)NCc1ccco1)Cc1ccccc1. The summed E-state index contributed by atoms with van der Waals surface area (Å²) < 4.78 is 5.13. The summed E-state index contributed by atoms with van der Waals surface area (Å²) in [5, 5.41) is 8.12. The van der Waals surface area contributed by atoms with Crippen molar-refractivity contribution in [2.75, 3.05) is 13.1 Å². The van der Waals surface area contributed by atoms with Crippen molar-refractivity contribution >= 4 is 11.9 Å². The van der Waals surface area contributed by atoms with Gasteiger partial charge in [-0.1, -0.05) is 44.2 Å². The first kappa shape index (κ1) is 19.6. The summed E-state index contributed by atoms with van der Waals surface area (Å²) in [5.74, 6) is 1.17. The molecule has 6 heteroatoms. The number of hydrogen-bond acceptors (Lipinski definition) is 3. The minimum Gasteiger partial charge on any atom is -0.467 e. The van der Waals surface area contributed by atoms with Crippen LogP contribution in [0.5, 0.6) is 0 Å². The van der Waals surface area contributed by atoms with E-state index in [2.05, 4.69) is 41.9 Å². The summed E-state index contributed by atoms with van der Waals surface area (Å²) >= 11 is 0. The summed E-state index contributed by atoms with van der Waals surface area (Å²) in [4.78, 5) is 23.7. The average Bonchev–Trinajstić information content (AvgIpc) is 3.16. The number of hydrogen-bond donors (Lipinski definition) is 3. The molecule has 6 nitrogen and oxygen atoms in total. The van der Waals surface area contributed by atoms with E-state index in [4.69, 9.17) is 4.42 Å². The Morgan fingerprint density at radius 1 is 1.00 bits per heavy atom. The Hall–Kier alpha value is -2.76. The lowest BCUT2D eigenvalue weighted by atomic mass is 9.89. The van der Waals surface area contributed by atoms with Gasteiger partial charge in [-0.3, -0.25) is 4.79 Å². The third-order valence-corrected chi connectivity index (χ3v) is 4.26. The summed E-state index contributed by atoms with van der Waals surface area (Å²) in [5.41, 5.74) is 1.26. The van der Waals surface area contributed by atoms with Crippen LogP contribution in [-0.4, -0.2) is 25.0 Å². The Morgan fingerprint density at radius 3 is 2.42 bits per heavy atom. The van der Waals surface area contributed by atoms with E-state index in [-0.39, 0.29) is 18.5 Å². The van der Waals surface area contributed by atoms with Gasteiger partial charge in [0.1, 0.15) is 5.76 Å². The highest BCUT2D eigenvalue weighted by Crippen LogP contribution is 2.16. The number of amides is 3. The van der Waals surface area contributed by atoms with Gasteiger partial charge in [0.05, 0.1) is 19.4 Å². The Balaban J connectivity index is 1.68. The lowest BCUT2D eigenvalue weighted by Crippen LogP contribution is -2.43. The molecule has 26 heavy (non-hydrogen) atoms. The van der Waals surface area contributed by atoms with Crippen molar-refractivity contribution in [1.82, 2.24) is 16.0 Å². The molecule has 3 amide bonds. The molecule has 1 atom stereocenters. The minimum atomic E-state index is -0.336. The summed E-state index contributed by atoms with van der Waals surface area (Å²) in [6.07, 6.45) is 2.45. The fraction of sp³-hybridized carbons (Fsp3) is 0.400. The van der Waals surface area contributed by atoms with Gasteiger partial charge >= 0.3 is 6.03 Å². The van der Waals surface area contributed by atoms with E-state index in [0.717, 1.165) is 6.42 Å². The maximum absolute atomic E-state index is 11.9. The zero-order valence-corrected chi connectivity index (χ0v) is 15.3. The van der Waals surface area contributed by atoms with E-state index in [0.29, 0.717) is 30.7 Å². The molecular formula is C20H27N3O3. The third-order valence-electron chi connectivity index (χ3n) is 4.26. The molecule has 0 saturated heterocycles. The smallest absolute Gasteiger partial charge is 0.315 e. The number of furan rings is 1. The normalized spacial score (nSPS) is 11.8. The van der Waals surface area contributed by atoms with Gasteiger partial charge in [0.15, 0.2) is 0 Å². The van der Waals surface area contributed by atoms with Crippen LogP contribution >= 0.6 is 0 Å². The molecule has 3 N–H and O–H groups in total. The van der Waals surface area contributed by atoms with Crippen molar-refractivity contribution in [3.8, 4) is 0 Å². The number of carbonyl (C=O) groups is 2. The molecule has 1 aromatic heterocycles. The van der Waals surface area contributed by atoms with Crippen LogP contribution in [0.25, 0.3) is 0 Å². The third kappa shape index (κ3) is 7.01. The Labute approximate surface area is 154 Å². The first-order valence-electron chi connectivity index (χ1n) is 8.89. The van der Waals surface area contributed by atoms with Crippen molar-refractivity contribution in [2.24, 2.45) is 11.8 Å². The molecule has 0 radical (unpaired) electrons. The minimum absolute atomic E-state index is 0.0719. The van der Waals surface area contributed by atoms with Gasteiger partial charge in [0, 0.05) is 6.54 Å². The Kier molecular flexibility index (Phi) is 7.74. The maximum Gasteiger partial charge on any atom is 0.315 e. The molecule has 0 aliphatic heterocycles. The van der Waals surface area contributed by atoms with Gasteiger partial charge in [0.2, 0.25) is 5.91 Å². The van der Waals surface area contributed by atoms with Crippen LogP contribution in [0.15, 0.2) is 53.1 Å². The van der Waals surface area contributed by atoms with Crippen molar-refractivity contribution in [3.63, 3.8) is 0 Å². The number of nitrogens with one attached hydrogen (secondary N) is 3. The fourth-order valence-corrected chi connectivity index (χ4v) is 2.57. The molecule has 0 spiro atoms. The monoisotopic (exact) mass is 357 g/mol. The number of carbonyl (C=O) groups excluding carboxylic acids is 2. The molecule has 1 heterocycles. The molecule has 140 valence electrons. The van der Waals surface area contributed by atoms with E-state index in [1.165, 1.54) is 5.56 Å². The predicted molar refractivity (Wildman–Crippen MR) is 100 cm³/mol. The lowest BCUT2D eigenvalue weighted by molar-refractivity contribution is -0.120. The number of benzene rings is 1. The highest BCUT2D eigenvalue weighted by molar-refractivity contribution is 5.83. The molecule has 0 aliphatic carbocycles. The summed E-state index contributed by atoms with van der Waals surface area (Å²) in [6.45, 7) is 5.09. The molecule has 0 bridgehead atoms. The van der Waals surface area contributed by atoms with Crippen LogP contribution in [0.3, 0.4) is 0 Å². The summed E-state index contributed by atoms with van der Waals surface area (Å²) in [7, 11) is 0.